The van der Waals surface area contributed by atoms with Crippen molar-refractivity contribution in [2.45, 2.75) is 32.7 Å². The molecule has 1 aliphatic rings. The first-order chi connectivity index (χ1) is 10.3. The summed E-state index contributed by atoms with van der Waals surface area (Å²) in [4.78, 5) is 11.6. The molecule has 1 fully saturated rings. The number of benzene rings is 1. The number of nitrogens with zero attached hydrogens (tertiary/aromatic N) is 3. The minimum absolute atomic E-state index is 0.554. The van der Waals surface area contributed by atoms with E-state index in [9.17, 15) is 0 Å². The van der Waals surface area contributed by atoms with Gasteiger partial charge in [-0.3, -0.25) is 0 Å². The number of para-hydroxylation sites is 1. The molecule has 0 bridgehead atoms. The molecule has 1 aromatic carbocycles. The Morgan fingerprint density at radius 2 is 2.24 bits per heavy atom. The minimum Gasteiger partial charge on any atom is -0.340 e. The zero-order valence-electron chi connectivity index (χ0n) is 12.9. The van der Waals surface area contributed by atoms with Gasteiger partial charge in [-0.25, -0.2) is 9.97 Å². The third-order valence-electron chi connectivity index (χ3n) is 4.45. The van der Waals surface area contributed by atoms with Gasteiger partial charge in [-0.2, -0.15) is 0 Å². The molecule has 4 nitrogen and oxygen atoms in total. The molecule has 2 aromatic rings. The quantitative estimate of drug-likeness (QED) is 0.937. The number of anilines is 1. The molecule has 0 radical (unpaired) electrons. The molecule has 2 atom stereocenters. The average molecular weight is 284 g/mol. The minimum atomic E-state index is 0.554. The summed E-state index contributed by atoms with van der Waals surface area (Å²) in [5.74, 6) is 1.55. The first kappa shape index (κ1) is 14.3. The molecule has 0 aliphatic carbocycles. The van der Waals surface area contributed by atoms with E-state index in [1.54, 1.807) is 0 Å². The molecular formula is C17H24N4. The van der Waals surface area contributed by atoms with E-state index < -0.39 is 0 Å². The SMILES string of the molecule is CCNC(C)C1CCCN(c2ncc3ccccc3n2)C1. The fourth-order valence-electron chi connectivity index (χ4n) is 3.20. The Hall–Kier alpha value is -1.68. The van der Waals surface area contributed by atoms with Crippen LogP contribution in [0.4, 0.5) is 5.95 Å². The van der Waals surface area contributed by atoms with E-state index in [0.717, 1.165) is 36.5 Å². The summed E-state index contributed by atoms with van der Waals surface area (Å²) in [7, 11) is 0. The second-order valence-electron chi connectivity index (χ2n) is 5.92. The molecule has 1 saturated heterocycles. The van der Waals surface area contributed by atoms with Crippen LogP contribution < -0.4 is 10.2 Å². The highest BCUT2D eigenvalue weighted by atomic mass is 15.3. The van der Waals surface area contributed by atoms with Crippen molar-refractivity contribution < 1.29 is 0 Å². The molecule has 2 heterocycles. The van der Waals surface area contributed by atoms with E-state index in [1.807, 2.05) is 18.3 Å². The molecular weight excluding hydrogens is 260 g/mol. The fraction of sp³-hybridized carbons (Fsp3) is 0.529. The Bertz CT molecular complexity index is 598. The topological polar surface area (TPSA) is 41.0 Å². The van der Waals surface area contributed by atoms with Crippen LogP contribution in [0, 0.1) is 5.92 Å². The van der Waals surface area contributed by atoms with Crippen molar-refractivity contribution in [3.05, 3.63) is 30.5 Å². The van der Waals surface area contributed by atoms with Crippen LogP contribution in [0.15, 0.2) is 30.5 Å². The highest BCUT2D eigenvalue weighted by Crippen LogP contribution is 2.24. The van der Waals surface area contributed by atoms with Crippen molar-refractivity contribution in [2.75, 3.05) is 24.5 Å². The van der Waals surface area contributed by atoms with E-state index in [1.165, 1.54) is 12.8 Å². The Balaban J connectivity index is 1.78. The predicted octanol–water partition coefficient (Wildman–Crippen LogP) is 2.84. The maximum absolute atomic E-state index is 4.73. The summed E-state index contributed by atoms with van der Waals surface area (Å²) in [6.45, 7) is 7.60. The highest BCUT2D eigenvalue weighted by Gasteiger charge is 2.25. The van der Waals surface area contributed by atoms with Crippen LogP contribution in [0.3, 0.4) is 0 Å². The standard InChI is InChI=1S/C17H24N4/c1-3-18-13(2)15-8-6-10-21(12-15)17-19-11-14-7-4-5-9-16(14)20-17/h4-5,7,9,11,13,15,18H,3,6,8,10,12H2,1-2H3. The van der Waals surface area contributed by atoms with E-state index in [2.05, 4.69) is 41.2 Å². The van der Waals surface area contributed by atoms with E-state index >= 15 is 0 Å². The van der Waals surface area contributed by atoms with Gasteiger partial charge < -0.3 is 10.2 Å². The van der Waals surface area contributed by atoms with Crippen LogP contribution in [0.25, 0.3) is 10.9 Å². The lowest BCUT2D eigenvalue weighted by molar-refractivity contribution is 0.322. The summed E-state index contributed by atoms with van der Waals surface area (Å²) < 4.78 is 0. The van der Waals surface area contributed by atoms with Gasteiger partial charge in [0.05, 0.1) is 5.52 Å². The Kier molecular flexibility index (Phi) is 4.34. The second kappa shape index (κ2) is 6.39. The van der Waals surface area contributed by atoms with E-state index in [-0.39, 0.29) is 0 Å². The van der Waals surface area contributed by atoms with Gasteiger partial charge in [-0.1, -0.05) is 25.1 Å². The van der Waals surface area contributed by atoms with Crippen LogP contribution in [-0.4, -0.2) is 35.6 Å². The van der Waals surface area contributed by atoms with Crippen molar-refractivity contribution in [1.82, 2.24) is 15.3 Å². The lowest BCUT2D eigenvalue weighted by Gasteiger charge is -2.36. The maximum atomic E-state index is 4.73. The zero-order valence-corrected chi connectivity index (χ0v) is 12.9. The molecule has 3 rings (SSSR count). The first-order valence-corrected chi connectivity index (χ1v) is 7.98. The molecule has 0 saturated carbocycles. The molecule has 0 spiro atoms. The predicted molar refractivity (Wildman–Crippen MR) is 87.6 cm³/mol. The van der Waals surface area contributed by atoms with Gasteiger partial charge in [-0.15, -0.1) is 0 Å². The number of aromatic nitrogens is 2. The van der Waals surface area contributed by atoms with Crippen molar-refractivity contribution in [1.29, 1.82) is 0 Å². The van der Waals surface area contributed by atoms with Crippen LogP contribution in [0.5, 0.6) is 0 Å². The van der Waals surface area contributed by atoms with Crippen LogP contribution in [-0.2, 0) is 0 Å². The van der Waals surface area contributed by atoms with E-state index in [4.69, 9.17) is 4.98 Å². The summed E-state index contributed by atoms with van der Waals surface area (Å²) in [5.41, 5.74) is 1.03. The summed E-state index contributed by atoms with van der Waals surface area (Å²) in [6.07, 6.45) is 4.45. The second-order valence-corrected chi connectivity index (χ2v) is 5.92. The summed E-state index contributed by atoms with van der Waals surface area (Å²) >= 11 is 0. The number of fused-ring (bicyclic) bond motifs is 1. The normalized spacial score (nSPS) is 20.7. The van der Waals surface area contributed by atoms with Gasteiger partial charge in [-0.05, 0) is 38.3 Å². The van der Waals surface area contributed by atoms with Crippen molar-refractivity contribution in [3.8, 4) is 0 Å². The molecule has 0 amide bonds. The van der Waals surface area contributed by atoms with Gasteiger partial charge >= 0.3 is 0 Å². The monoisotopic (exact) mass is 284 g/mol. The van der Waals surface area contributed by atoms with Crippen LogP contribution >= 0.6 is 0 Å². The smallest absolute Gasteiger partial charge is 0.225 e. The Morgan fingerprint density at radius 3 is 3.10 bits per heavy atom. The molecule has 21 heavy (non-hydrogen) atoms. The van der Waals surface area contributed by atoms with Crippen molar-refractivity contribution in [3.63, 3.8) is 0 Å². The van der Waals surface area contributed by atoms with Gasteiger partial charge in [0.1, 0.15) is 0 Å². The third-order valence-corrected chi connectivity index (χ3v) is 4.45. The Labute approximate surface area is 126 Å². The number of rotatable bonds is 4. The number of hydrogen-bond donors (Lipinski definition) is 1. The van der Waals surface area contributed by atoms with Crippen LogP contribution in [0.2, 0.25) is 0 Å². The average Bonchev–Trinajstić information content (AvgIpc) is 2.55. The number of hydrogen-bond acceptors (Lipinski definition) is 4. The highest BCUT2D eigenvalue weighted by molar-refractivity contribution is 5.78. The molecule has 112 valence electrons. The van der Waals surface area contributed by atoms with E-state index in [0.29, 0.717) is 12.0 Å². The largest absolute Gasteiger partial charge is 0.340 e. The lowest BCUT2D eigenvalue weighted by atomic mass is 9.92. The van der Waals surface area contributed by atoms with Crippen molar-refractivity contribution in [2.24, 2.45) is 5.92 Å². The molecule has 1 aliphatic heterocycles. The van der Waals surface area contributed by atoms with Crippen molar-refractivity contribution >= 4 is 16.9 Å². The molecule has 1 N–H and O–H groups in total. The van der Waals surface area contributed by atoms with Gasteiger partial charge in [0.2, 0.25) is 5.95 Å². The first-order valence-electron chi connectivity index (χ1n) is 7.98. The van der Waals surface area contributed by atoms with Gasteiger partial charge in [0.25, 0.3) is 0 Å². The molecule has 2 unspecified atom stereocenters. The van der Waals surface area contributed by atoms with Gasteiger partial charge in [0, 0.05) is 30.7 Å². The molecule has 4 heteroatoms. The zero-order chi connectivity index (χ0) is 14.7. The fourth-order valence-corrected chi connectivity index (χ4v) is 3.20. The van der Waals surface area contributed by atoms with Gasteiger partial charge in [0.15, 0.2) is 0 Å². The lowest BCUT2D eigenvalue weighted by Crippen LogP contribution is -2.45. The third kappa shape index (κ3) is 3.16. The van der Waals surface area contributed by atoms with Crippen LogP contribution in [0.1, 0.15) is 26.7 Å². The molecule has 1 aromatic heterocycles. The summed E-state index contributed by atoms with van der Waals surface area (Å²) in [6, 6.07) is 8.73. The summed E-state index contributed by atoms with van der Waals surface area (Å²) in [5, 5.41) is 4.66. The number of piperidine rings is 1. The number of nitrogens with one attached hydrogen (secondary N) is 1. The Morgan fingerprint density at radius 1 is 1.38 bits per heavy atom. The maximum Gasteiger partial charge on any atom is 0.225 e.